The number of nitrogens with zero attached hydrogens (tertiary/aromatic N) is 2. The second kappa shape index (κ2) is 7.72. The smallest absolute Gasteiger partial charge is 0.256 e. The van der Waals surface area contributed by atoms with E-state index < -0.39 is 17.5 Å². The molecule has 2 amide bonds. The molecule has 4 nitrogen and oxygen atoms in total. The van der Waals surface area contributed by atoms with Gasteiger partial charge in [0.25, 0.3) is 5.91 Å². The summed E-state index contributed by atoms with van der Waals surface area (Å²) in [6, 6.07) is 3.71. The van der Waals surface area contributed by atoms with Crippen molar-refractivity contribution < 1.29 is 18.4 Å². The van der Waals surface area contributed by atoms with Gasteiger partial charge in [-0.2, -0.15) is 0 Å². The number of likely N-dealkylation sites (tertiary alicyclic amines) is 2. The Balaban J connectivity index is 1.75. The molecule has 1 aromatic carbocycles. The molecule has 0 saturated carbocycles. The number of benzene rings is 1. The number of halogens is 2. The highest BCUT2D eigenvalue weighted by atomic mass is 19.2. The zero-order valence-corrected chi connectivity index (χ0v) is 15.3. The van der Waals surface area contributed by atoms with E-state index in [1.165, 1.54) is 12.1 Å². The van der Waals surface area contributed by atoms with Crippen molar-refractivity contribution in [2.24, 2.45) is 5.41 Å². The Kier molecular flexibility index (Phi) is 5.58. The molecule has 2 heterocycles. The molecule has 2 aliphatic rings. The quantitative estimate of drug-likeness (QED) is 0.819. The highest BCUT2D eigenvalue weighted by Gasteiger charge is 2.42. The van der Waals surface area contributed by atoms with Crippen molar-refractivity contribution in [3.8, 4) is 0 Å². The van der Waals surface area contributed by atoms with Crippen LogP contribution in [0.15, 0.2) is 18.2 Å². The van der Waals surface area contributed by atoms with Crippen LogP contribution in [-0.2, 0) is 4.79 Å². The number of hydrogen-bond donors (Lipinski definition) is 0. The maximum Gasteiger partial charge on any atom is 0.256 e. The Morgan fingerprint density at radius 3 is 2.81 bits per heavy atom. The summed E-state index contributed by atoms with van der Waals surface area (Å²) in [5.41, 5.74) is -0.337. The first-order chi connectivity index (χ1) is 12.5. The topological polar surface area (TPSA) is 40.6 Å². The Labute approximate surface area is 153 Å². The van der Waals surface area contributed by atoms with Crippen LogP contribution in [0.5, 0.6) is 0 Å². The lowest BCUT2D eigenvalue weighted by Crippen LogP contribution is -2.55. The molecule has 3 rings (SSSR count). The van der Waals surface area contributed by atoms with Gasteiger partial charge in [-0.1, -0.05) is 19.4 Å². The third-order valence-corrected chi connectivity index (χ3v) is 5.66. The van der Waals surface area contributed by atoms with Crippen LogP contribution in [0.3, 0.4) is 0 Å². The average molecular weight is 364 g/mol. The molecule has 26 heavy (non-hydrogen) atoms. The molecular weight excluding hydrogens is 338 g/mol. The number of unbranched alkanes of at least 4 members (excludes halogenated alkanes) is 1. The van der Waals surface area contributed by atoms with E-state index in [2.05, 4.69) is 6.92 Å². The first-order valence-corrected chi connectivity index (χ1v) is 9.47. The van der Waals surface area contributed by atoms with Crippen molar-refractivity contribution >= 4 is 11.8 Å². The van der Waals surface area contributed by atoms with E-state index in [-0.39, 0.29) is 16.9 Å². The molecule has 0 radical (unpaired) electrons. The van der Waals surface area contributed by atoms with E-state index >= 15 is 0 Å². The number of carbonyl (C=O) groups excluding carboxylic acids is 2. The van der Waals surface area contributed by atoms with Gasteiger partial charge in [-0.25, -0.2) is 8.78 Å². The molecule has 2 aliphatic heterocycles. The fourth-order valence-corrected chi connectivity index (χ4v) is 4.21. The monoisotopic (exact) mass is 364 g/mol. The fourth-order valence-electron chi connectivity index (χ4n) is 4.21. The number of amides is 2. The van der Waals surface area contributed by atoms with Crippen LogP contribution in [0.1, 0.15) is 55.8 Å². The number of hydrogen-bond acceptors (Lipinski definition) is 2. The number of piperidine rings is 2. The van der Waals surface area contributed by atoms with Gasteiger partial charge in [0.15, 0.2) is 11.6 Å². The zero-order valence-electron chi connectivity index (χ0n) is 15.3. The molecule has 1 unspecified atom stereocenters. The molecule has 1 aromatic rings. The third kappa shape index (κ3) is 3.74. The SMILES string of the molecule is CCCCN1CC2(CCCN(C(=O)c3cccc(F)c3F)C2)CCC1=O. The number of carbonyl (C=O) groups is 2. The molecule has 0 aliphatic carbocycles. The van der Waals surface area contributed by atoms with Gasteiger partial charge in [0.05, 0.1) is 5.56 Å². The van der Waals surface area contributed by atoms with E-state index in [1.807, 2.05) is 4.90 Å². The van der Waals surface area contributed by atoms with Gasteiger partial charge in [-0.05, 0) is 37.8 Å². The van der Waals surface area contributed by atoms with E-state index in [0.717, 1.165) is 44.7 Å². The predicted octanol–water partition coefficient (Wildman–Crippen LogP) is 3.61. The van der Waals surface area contributed by atoms with Crippen LogP contribution in [0.25, 0.3) is 0 Å². The molecule has 142 valence electrons. The molecule has 6 heteroatoms. The summed E-state index contributed by atoms with van der Waals surface area (Å²) in [5, 5.41) is 0. The fraction of sp³-hybridized carbons (Fsp3) is 0.600. The predicted molar refractivity (Wildman–Crippen MR) is 94.7 cm³/mol. The van der Waals surface area contributed by atoms with Crippen molar-refractivity contribution in [1.82, 2.24) is 9.80 Å². The van der Waals surface area contributed by atoms with E-state index in [1.54, 1.807) is 4.90 Å². The summed E-state index contributed by atoms with van der Waals surface area (Å²) in [7, 11) is 0. The molecule has 0 aromatic heterocycles. The van der Waals surface area contributed by atoms with Gasteiger partial charge in [0.2, 0.25) is 5.91 Å². The number of rotatable bonds is 4. The second-order valence-corrected chi connectivity index (χ2v) is 7.60. The minimum absolute atomic E-state index is 0.126. The van der Waals surface area contributed by atoms with Gasteiger partial charge < -0.3 is 9.80 Å². The Morgan fingerprint density at radius 2 is 2.04 bits per heavy atom. The lowest BCUT2D eigenvalue weighted by molar-refractivity contribution is -0.139. The maximum atomic E-state index is 14.0. The van der Waals surface area contributed by atoms with E-state index in [4.69, 9.17) is 0 Å². The summed E-state index contributed by atoms with van der Waals surface area (Å²) >= 11 is 0. The van der Waals surface area contributed by atoms with Crippen molar-refractivity contribution in [3.05, 3.63) is 35.4 Å². The molecule has 1 spiro atoms. The Hall–Kier alpha value is -1.98. The van der Waals surface area contributed by atoms with Crippen molar-refractivity contribution in [2.75, 3.05) is 26.2 Å². The van der Waals surface area contributed by atoms with Crippen LogP contribution in [-0.4, -0.2) is 47.8 Å². The Morgan fingerprint density at radius 1 is 1.23 bits per heavy atom. The standard InChI is InChI=1S/C20H26F2N2O2/c1-2-3-11-23-13-20(10-8-17(23)25)9-5-12-24(14-20)19(26)15-6-4-7-16(21)18(15)22/h4,6-7H,2-3,5,8-14H2,1H3. The van der Waals surface area contributed by atoms with Crippen LogP contribution in [0.4, 0.5) is 8.78 Å². The summed E-state index contributed by atoms with van der Waals surface area (Å²) in [6.45, 7) is 4.54. The largest absolute Gasteiger partial charge is 0.342 e. The lowest BCUT2D eigenvalue weighted by atomic mass is 9.73. The van der Waals surface area contributed by atoms with Gasteiger partial charge in [0, 0.05) is 38.0 Å². The highest BCUT2D eigenvalue weighted by molar-refractivity contribution is 5.94. The van der Waals surface area contributed by atoms with Gasteiger partial charge >= 0.3 is 0 Å². The summed E-state index contributed by atoms with van der Waals surface area (Å²) < 4.78 is 27.5. The summed E-state index contributed by atoms with van der Waals surface area (Å²) in [4.78, 5) is 28.5. The average Bonchev–Trinajstić information content (AvgIpc) is 2.64. The molecule has 0 bridgehead atoms. The van der Waals surface area contributed by atoms with Crippen LogP contribution in [0.2, 0.25) is 0 Å². The summed E-state index contributed by atoms with van der Waals surface area (Å²) in [6.07, 6.45) is 5.03. The molecule has 0 N–H and O–H groups in total. The molecular formula is C20H26F2N2O2. The normalized spacial score (nSPS) is 23.6. The van der Waals surface area contributed by atoms with Gasteiger partial charge in [-0.3, -0.25) is 9.59 Å². The van der Waals surface area contributed by atoms with E-state index in [9.17, 15) is 18.4 Å². The van der Waals surface area contributed by atoms with Crippen molar-refractivity contribution in [3.63, 3.8) is 0 Å². The minimum Gasteiger partial charge on any atom is -0.342 e. The van der Waals surface area contributed by atoms with Crippen molar-refractivity contribution in [1.29, 1.82) is 0 Å². The lowest BCUT2D eigenvalue weighted by Gasteiger charge is -2.48. The highest BCUT2D eigenvalue weighted by Crippen LogP contribution is 2.39. The Bertz CT molecular complexity index is 694. The van der Waals surface area contributed by atoms with Gasteiger partial charge in [0.1, 0.15) is 0 Å². The van der Waals surface area contributed by atoms with Crippen LogP contribution < -0.4 is 0 Å². The maximum absolute atomic E-state index is 14.0. The molecule has 2 fully saturated rings. The van der Waals surface area contributed by atoms with Crippen molar-refractivity contribution in [2.45, 2.75) is 45.4 Å². The van der Waals surface area contributed by atoms with Crippen LogP contribution in [0, 0.1) is 17.0 Å². The molecule has 1 atom stereocenters. The minimum atomic E-state index is -1.08. The zero-order chi connectivity index (χ0) is 18.7. The first-order valence-electron chi connectivity index (χ1n) is 9.47. The second-order valence-electron chi connectivity index (χ2n) is 7.60. The first kappa shape index (κ1) is 18.8. The van der Waals surface area contributed by atoms with Crippen LogP contribution >= 0.6 is 0 Å². The van der Waals surface area contributed by atoms with Gasteiger partial charge in [-0.15, -0.1) is 0 Å². The van der Waals surface area contributed by atoms with E-state index in [0.29, 0.717) is 26.1 Å². The summed E-state index contributed by atoms with van der Waals surface area (Å²) in [5.74, 6) is -2.36. The molecule has 2 saturated heterocycles. The third-order valence-electron chi connectivity index (χ3n) is 5.66.